The van der Waals surface area contributed by atoms with Gasteiger partial charge >= 0.3 is 0 Å². The van der Waals surface area contributed by atoms with E-state index in [0.717, 1.165) is 11.3 Å². The molecule has 1 N–H and O–H groups in total. The maximum atomic E-state index is 14.8. The van der Waals surface area contributed by atoms with Gasteiger partial charge in [0.2, 0.25) is 11.7 Å². The number of nitrogens with zero attached hydrogens (tertiary/aromatic N) is 1. The first-order chi connectivity index (χ1) is 19.8. The lowest BCUT2D eigenvalue weighted by Crippen LogP contribution is -2.51. The lowest BCUT2D eigenvalue weighted by Gasteiger charge is -2.37. The zero-order valence-electron chi connectivity index (χ0n) is 23.4. The molecular formula is C32H30N2O7. The summed E-state index contributed by atoms with van der Waals surface area (Å²) in [5.74, 6) is -0.418. The first-order valence-corrected chi connectivity index (χ1v) is 13.2. The number of methoxy groups -OCH3 is 4. The van der Waals surface area contributed by atoms with Crippen molar-refractivity contribution in [1.29, 1.82) is 0 Å². The van der Waals surface area contributed by atoms with Crippen molar-refractivity contribution in [3.05, 3.63) is 77.4 Å². The van der Waals surface area contributed by atoms with E-state index in [0.29, 0.717) is 34.2 Å². The minimum absolute atomic E-state index is 0.230. The third kappa shape index (κ3) is 3.58. The number of ether oxygens (including phenoxy) is 4. The van der Waals surface area contributed by atoms with Crippen LogP contribution in [0.1, 0.15) is 28.4 Å². The number of ketones is 2. The van der Waals surface area contributed by atoms with Crippen molar-refractivity contribution in [2.24, 2.45) is 5.92 Å². The molecule has 0 aromatic heterocycles. The summed E-state index contributed by atoms with van der Waals surface area (Å²) in [5, 5.41) is 3.01. The molecule has 1 spiro atoms. The number of fused-ring (bicyclic) bond motifs is 6. The van der Waals surface area contributed by atoms with Crippen LogP contribution in [0.2, 0.25) is 0 Å². The van der Waals surface area contributed by atoms with Crippen LogP contribution >= 0.6 is 0 Å². The molecule has 9 heteroatoms. The lowest BCUT2D eigenvalue weighted by atomic mass is 9.64. The summed E-state index contributed by atoms with van der Waals surface area (Å²) in [6.07, 6.45) is 3.85. The molecule has 6 rings (SSSR count). The second-order valence-electron chi connectivity index (χ2n) is 10.3. The Labute approximate surface area is 237 Å². The Balaban J connectivity index is 1.63. The van der Waals surface area contributed by atoms with Crippen LogP contribution in [0.15, 0.2) is 60.7 Å². The van der Waals surface area contributed by atoms with Gasteiger partial charge in [-0.15, -0.1) is 0 Å². The smallest absolute Gasteiger partial charge is 0.238 e. The molecule has 0 radical (unpaired) electrons. The molecule has 41 heavy (non-hydrogen) atoms. The fourth-order valence-corrected chi connectivity index (χ4v) is 6.84. The van der Waals surface area contributed by atoms with Crippen LogP contribution in [0.3, 0.4) is 0 Å². The number of hydrogen-bond donors (Lipinski definition) is 1. The van der Waals surface area contributed by atoms with Gasteiger partial charge in [-0.05, 0) is 48.9 Å². The topological polar surface area (TPSA) is 103 Å². The lowest BCUT2D eigenvalue weighted by molar-refractivity contribution is -0.122. The highest BCUT2D eigenvalue weighted by Crippen LogP contribution is 2.58. The molecule has 9 nitrogen and oxygen atoms in total. The van der Waals surface area contributed by atoms with Crippen LogP contribution in [0.4, 0.5) is 11.4 Å². The number of nitrogens with one attached hydrogen (secondary N) is 1. The van der Waals surface area contributed by atoms with Crippen molar-refractivity contribution >= 4 is 34.9 Å². The predicted molar refractivity (Wildman–Crippen MR) is 153 cm³/mol. The van der Waals surface area contributed by atoms with E-state index in [1.807, 2.05) is 59.5 Å². The monoisotopic (exact) mass is 554 g/mol. The van der Waals surface area contributed by atoms with Gasteiger partial charge in [0, 0.05) is 22.5 Å². The second-order valence-corrected chi connectivity index (χ2v) is 10.3. The number of amides is 1. The number of anilines is 2. The van der Waals surface area contributed by atoms with Crippen LogP contribution in [0.5, 0.6) is 23.0 Å². The van der Waals surface area contributed by atoms with Crippen LogP contribution in [0.25, 0.3) is 6.08 Å². The summed E-state index contributed by atoms with van der Waals surface area (Å²) in [7, 11) is 6.01. The summed E-state index contributed by atoms with van der Waals surface area (Å²) in [6, 6.07) is 14.5. The maximum absolute atomic E-state index is 14.8. The zero-order valence-corrected chi connectivity index (χ0v) is 23.4. The van der Waals surface area contributed by atoms with E-state index >= 15 is 0 Å². The van der Waals surface area contributed by atoms with Gasteiger partial charge in [0.1, 0.15) is 11.2 Å². The standard InChI is InChI=1S/C32H30N2O7/c1-17(35)28-27(29(36)19-15-24(39-3)30(41-5)25(16-19)40-4)32(21-8-6-7-9-22(21)33-31(32)37)26-13-10-18-14-20(38-2)11-12-23(18)34(26)28/h6-16,26-28H,1-5H3,(H,33,37)/t26-,27-,28+,32+/m1/s1. The van der Waals surface area contributed by atoms with E-state index < -0.39 is 23.4 Å². The molecule has 1 fully saturated rings. The third-order valence-electron chi connectivity index (χ3n) is 8.49. The molecule has 3 aliphatic heterocycles. The van der Waals surface area contributed by atoms with Crippen LogP contribution in [-0.2, 0) is 15.0 Å². The van der Waals surface area contributed by atoms with E-state index in [-0.39, 0.29) is 23.0 Å². The van der Waals surface area contributed by atoms with Gasteiger partial charge in [0.15, 0.2) is 23.1 Å². The van der Waals surface area contributed by atoms with E-state index in [1.165, 1.54) is 28.3 Å². The second kappa shape index (κ2) is 9.69. The first-order valence-electron chi connectivity index (χ1n) is 13.2. The fraction of sp³-hybridized carbons (Fsp3) is 0.281. The summed E-state index contributed by atoms with van der Waals surface area (Å²) in [6.45, 7) is 1.47. The first kappa shape index (κ1) is 26.4. The van der Waals surface area contributed by atoms with Gasteiger partial charge < -0.3 is 29.2 Å². The molecule has 0 unspecified atom stereocenters. The van der Waals surface area contributed by atoms with Gasteiger partial charge in [-0.2, -0.15) is 0 Å². The van der Waals surface area contributed by atoms with E-state index in [4.69, 9.17) is 18.9 Å². The molecule has 1 amide bonds. The van der Waals surface area contributed by atoms with Gasteiger partial charge in [-0.3, -0.25) is 14.4 Å². The molecule has 0 aliphatic carbocycles. The molecule has 0 saturated carbocycles. The Kier molecular flexibility index (Phi) is 6.25. The number of para-hydroxylation sites is 1. The van der Waals surface area contributed by atoms with Crippen LogP contribution in [0, 0.1) is 5.92 Å². The average Bonchev–Trinajstić information content (AvgIpc) is 3.48. The normalized spacial score (nSPS) is 23.4. The molecule has 0 bridgehead atoms. The number of hydrogen-bond acceptors (Lipinski definition) is 8. The highest BCUT2D eigenvalue weighted by molar-refractivity contribution is 6.16. The fourth-order valence-electron chi connectivity index (χ4n) is 6.84. The Morgan fingerprint density at radius 1 is 0.902 bits per heavy atom. The highest BCUT2D eigenvalue weighted by Gasteiger charge is 2.69. The van der Waals surface area contributed by atoms with Crippen molar-refractivity contribution in [2.45, 2.75) is 24.4 Å². The number of Topliss-reactive ketones (excluding diaryl/α,β-unsaturated/α-hetero) is 2. The number of rotatable bonds is 7. The Bertz CT molecular complexity index is 1600. The molecule has 4 atom stereocenters. The minimum atomic E-state index is -1.39. The number of carbonyl (C=O) groups is 3. The highest BCUT2D eigenvalue weighted by atomic mass is 16.5. The molecule has 210 valence electrons. The van der Waals surface area contributed by atoms with Crippen molar-refractivity contribution in [2.75, 3.05) is 38.7 Å². The van der Waals surface area contributed by atoms with Gasteiger partial charge in [0.25, 0.3) is 0 Å². The largest absolute Gasteiger partial charge is 0.497 e. The van der Waals surface area contributed by atoms with Crippen molar-refractivity contribution in [1.82, 2.24) is 0 Å². The summed E-state index contributed by atoms with van der Waals surface area (Å²) < 4.78 is 21.9. The molecule has 3 heterocycles. The quantitative estimate of drug-likeness (QED) is 0.432. The molecular weight excluding hydrogens is 524 g/mol. The molecule has 1 saturated heterocycles. The predicted octanol–water partition coefficient (Wildman–Crippen LogP) is 4.28. The van der Waals surface area contributed by atoms with Crippen molar-refractivity contribution < 1.29 is 33.3 Å². The number of benzene rings is 3. The van der Waals surface area contributed by atoms with Gasteiger partial charge in [-0.25, -0.2) is 0 Å². The van der Waals surface area contributed by atoms with E-state index in [1.54, 1.807) is 19.2 Å². The Morgan fingerprint density at radius 3 is 2.24 bits per heavy atom. The van der Waals surface area contributed by atoms with Crippen LogP contribution in [-0.4, -0.2) is 58.0 Å². The third-order valence-corrected chi connectivity index (χ3v) is 8.49. The molecule has 3 aromatic carbocycles. The van der Waals surface area contributed by atoms with Crippen molar-refractivity contribution in [3.63, 3.8) is 0 Å². The van der Waals surface area contributed by atoms with Crippen LogP contribution < -0.4 is 29.2 Å². The van der Waals surface area contributed by atoms with Gasteiger partial charge in [-0.1, -0.05) is 30.4 Å². The minimum Gasteiger partial charge on any atom is -0.497 e. The Morgan fingerprint density at radius 2 is 1.61 bits per heavy atom. The molecule has 3 aliphatic rings. The summed E-state index contributed by atoms with van der Waals surface area (Å²) in [5.41, 5.74) is 1.73. The van der Waals surface area contributed by atoms with Gasteiger partial charge in [0.05, 0.1) is 46.4 Å². The van der Waals surface area contributed by atoms with Crippen molar-refractivity contribution in [3.8, 4) is 23.0 Å². The Hall–Kier alpha value is -4.79. The van der Waals surface area contributed by atoms with E-state index in [9.17, 15) is 14.4 Å². The number of carbonyl (C=O) groups excluding carboxylic acids is 3. The molecule has 3 aromatic rings. The van der Waals surface area contributed by atoms with E-state index in [2.05, 4.69) is 5.32 Å². The summed E-state index contributed by atoms with van der Waals surface area (Å²) >= 11 is 0. The SMILES string of the molecule is COc1ccc2c(c1)C=C[C@H]1N2[C@@H](C(C)=O)[C@H](C(=O)c2cc(OC)c(OC)c(OC)c2)[C@@]12C(=O)Nc1ccccc12. The zero-order chi connectivity index (χ0) is 29.1. The maximum Gasteiger partial charge on any atom is 0.238 e. The summed E-state index contributed by atoms with van der Waals surface area (Å²) in [4.78, 5) is 44.6. The average molecular weight is 555 g/mol.